The molecule has 6 nitrogen and oxygen atoms in total. The van der Waals surface area contributed by atoms with Gasteiger partial charge in [-0.15, -0.1) is 0 Å². The number of hydrogen-bond acceptors (Lipinski definition) is 4. The minimum absolute atomic E-state index is 0.205. The summed E-state index contributed by atoms with van der Waals surface area (Å²) in [4.78, 5) is 16.6. The van der Waals surface area contributed by atoms with E-state index in [4.69, 9.17) is 0 Å². The minimum atomic E-state index is -0.205. The van der Waals surface area contributed by atoms with Crippen molar-refractivity contribution in [2.24, 2.45) is 7.05 Å². The molecule has 3 rings (SSSR count). The van der Waals surface area contributed by atoms with Gasteiger partial charge in [-0.2, -0.15) is 5.10 Å². The van der Waals surface area contributed by atoms with Crippen LogP contribution in [0.1, 0.15) is 27.4 Å². The summed E-state index contributed by atoms with van der Waals surface area (Å²) in [7, 11) is 1.88. The van der Waals surface area contributed by atoms with Crippen molar-refractivity contribution in [2.75, 3.05) is 11.9 Å². The van der Waals surface area contributed by atoms with Gasteiger partial charge in [-0.3, -0.25) is 9.48 Å². The van der Waals surface area contributed by atoms with Crippen molar-refractivity contribution in [2.45, 2.75) is 19.9 Å². The van der Waals surface area contributed by atoms with E-state index in [0.717, 1.165) is 29.9 Å². The Balaban J connectivity index is 1.88. The Morgan fingerprint density at radius 3 is 3.10 bits per heavy atom. The highest BCUT2D eigenvalue weighted by Crippen LogP contribution is 2.18. The molecule has 2 N–H and O–H groups in total. The van der Waals surface area contributed by atoms with Crippen molar-refractivity contribution in [3.05, 3.63) is 40.8 Å². The van der Waals surface area contributed by atoms with E-state index in [1.165, 1.54) is 0 Å². The van der Waals surface area contributed by atoms with Crippen LogP contribution in [0.15, 0.2) is 18.2 Å². The molecular formula is C14H17N5O. The molecule has 0 aromatic carbocycles. The van der Waals surface area contributed by atoms with Crippen LogP contribution in [0, 0.1) is 6.92 Å². The van der Waals surface area contributed by atoms with Crippen LogP contribution in [0.2, 0.25) is 0 Å². The predicted octanol–water partition coefficient (Wildman–Crippen LogP) is 1.02. The molecule has 2 aromatic rings. The lowest BCUT2D eigenvalue weighted by Crippen LogP contribution is -2.26. The van der Waals surface area contributed by atoms with Gasteiger partial charge >= 0.3 is 0 Å². The van der Waals surface area contributed by atoms with E-state index in [0.29, 0.717) is 18.1 Å². The molecule has 3 heterocycles. The fourth-order valence-electron chi connectivity index (χ4n) is 2.49. The van der Waals surface area contributed by atoms with Crippen LogP contribution in [-0.4, -0.2) is 27.2 Å². The third kappa shape index (κ3) is 2.30. The Labute approximate surface area is 117 Å². The maximum absolute atomic E-state index is 12.4. The second-order valence-electron chi connectivity index (χ2n) is 4.94. The zero-order valence-corrected chi connectivity index (χ0v) is 11.6. The van der Waals surface area contributed by atoms with Crippen LogP contribution >= 0.6 is 0 Å². The van der Waals surface area contributed by atoms with Gasteiger partial charge in [-0.1, -0.05) is 6.07 Å². The second-order valence-corrected chi connectivity index (χ2v) is 4.94. The van der Waals surface area contributed by atoms with E-state index in [1.807, 2.05) is 26.1 Å². The largest absolute Gasteiger partial charge is 0.312 e. The topological polar surface area (TPSA) is 71.8 Å². The van der Waals surface area contributed by atoms with Crippen LogP contribution in [0.5, 0.6) is 0 Å². The molecule has 2 aromatic heterocycles. The molecule has 20 heavy (non-hydrogen) atoms. The van der Waals surface area contributed by atoms with E-state index in [2.05, 4.69) is 20.7 Å². The molecule has 0 radical (unpaired) electrons. The maximum atomic E-state index is 12.4. The van der Waals surface area contributed by atoms with Gasteiger partial charge in [-0.05, 0) is 19.1 Å². The second kappa shape index (κ2) is 5.05. The van der Waals surface area contributed by atoms with Gasteiger partial charge in [0.15, 0.2) is 5.69 Å². The molecule has 104 valence electrons. The van der Waals surface area contributed by atoms with E-state index < -0.39 is 0 Å². The van der Waals surface area contributed by atoms with E-state index in [9.17, 15) is 4.79 Å². The molecule has 0 saturated carbocycles. The summed E-state index contributed by atoms with van der Waals surface area (Å²) < 4.78 is 1.80. The van der Waals surface area contributed by atoms with Crippen molar-refractivity contribution in [3.63, 3.8) is 0 Å². The highest BCUT2D eigenvalue weighted by molar-refractivity contribution is 6.03. The van der Waals surface area contributed by atoms with Gasteiger partial charge in [0.25, 0.3) is 5.91 Å². The van der Waals surface area contributed by atoms with Gasteiger partial charge in [0.2, 0.25) is 0 Å². The molecule has 0 atom stereocenters. The average molecular weight is 271 g/mol. The molecule has 6 heteroatoms. The molecule has 0 aliphatic carbocycles. The average Bonchev–Trinajstić information content (AvgIpc) is 2.77. The summed E-state index contributed by atoms with van der Waals surface area (Å²) in [5.74, 6) is 0.349. The van der Waals surface area contributed by atoms with Gasteiger partial charge < -0.3 is 10.6 Å². The third-order valence-electron chi connectivity index (χ3n) is 3.46. The molecule has 1 amide bonds. The Kier molecular flexibility index (Phi) is 3.23. The molecule has 0 bridgehead atoms. The van der Waals surface area contributed by atoms with Crippen LogP contribution < -0.4 is 10.6 Å². The quantitative estimate of drug-likeness (QED) is 0.855. The lowest BCUT2D eigenvalue weighted by molar-refractivity contribution is 0.102. The molecule has 0 unspecified atom stereocenters. The van der Waals surface area contributed by atoms with Crippen molar-refractivity contribution >= 4 is 11.7 Å². The monoisotopic (exact) mass is 271 g/mol. The highest BCUT2D eigenvalue weighted by atomic mass is 16.2. The summed E-state index contributed by atoms with van der Waals surface area (Å²) in [5, 5.41) is 10.4. The predicted molar refractivity (Wildman–Crippen MR) is 75.5 cm³/mol. The maximum Gasteiger partial charge on any atom is 0.277 e. The van der Waals surface area contributed by atoms with E-state index in [1.54, 1.807) is 10.7 Å². The van der Waals surface area contributed by atoms with E-state index >= 15 is 0 Å². The first-order valence-electron chi connectivity index (χ1n) is 6.65. The Hall–Kier alpha value is -2.21. The zero-order chi connectivity index (χ0) is 14.1. The number of aryl methyl sites for hydroxylation is 2. The van der Waals surface area contributed by atoms with Gasteiger partial charge in [0.05, 0.1) is 0 Å². The third-order valence-corrected chi connectivity index (χ3v) is 3.46. The number of nitrogens with one attached hydrogen (secondary N) is 2. The first-order valence-corrected chi connectivity index (χ1v) is 6.65. The number of nitrogens with zero attached hydrogens (tertiary/aromatic N) is 3. The first kappa shape index (κ1) is 12.8. The SMILES string of the molecule is Cc1cccc(NC(=O)c2nn(C)c3c2CNCC3)n1. The Morgan fingerprint density at radius 2 is 2.30 bits per heavy atom. The number of aromatic nitrogens is 3. The fourth-order valence-corrected chi connectivity index (χ4v) is 2.49. The molecule has 0 fully saturated rings. The molecule has 1 aliphatic rings. The molecule has 1 aliphatic heterocycles. The minimum Gasteiger partial charge on any atom is -0.312 e. The number of anilines is 1. The van der Waals surface area contributed by atoms with Crippen molar-refractivity contribution in [3.8, 4) is 0 Å². The summed E-state index contributed by atoms with van der Waals surface area (Å²) in [6, 6.07) is 5.54. The standard InChI is InChI=1S/C14H17N5O/c1-9-4-3-5-12(16-9)17-14(20)13-10-8-15-7-6-11(10)19(2)18-13/h3-5,15H,6-8H2,1-2H3,(H,16,17,20). The zero-order valence-electron chi connectivity index (χ0n) is 11.6. The number of rotatable bonds is 2. The highest BCUT2D eigenvalue weighted by Gasteiger charge is 2.23. The summed E-state index contributed by atoms with van der Waals surface area (Å²) in [6.45, 7) is 3.50. The van der Waals surface area contributed by atoms with Gasteiger partial charge in [-0.25, -0.2) is 4.98 Å². The van der Waals surface area contributed by atoms with Crippen LogP contribution in [0.3, 0.4) is 0 Å². The molecule has 0 saturated heterocycles. The van der Waals surface area contributed by atoms with Crippen LogP contribution in [0.4, 0.5) is 5.82 Å². The first-order chi connectivity index (χ1) is 9.65. The number of fused-ring (bicyclic) bond motifs is 1. The summed E-state index contributed by atoms with van der Waals surface area (Å²) in [5.41, 5.74) is 3.47. The smallest absolute Gasteiger partial charge is 0.277 e. The number of carbonyl (C=O) groups excluding carboxylic acids is 1. The van der Waals surface area contributed by atoms with E-state index in [-0.39, 0.29) is 5.91 Å². The number of pyridine rings is 1. The Bertz CT molecular complexity index is 662. The lowest BCUT2D eigenvalue weighted by atomic mass is 10.1. The number of carbonyl (C=O) groups is 1. The Morgan fingerprint density at radius 1 is 1.45 bits per heavy atom. The molecular weight excluding hydrogens is 254 g/mol. The van der Waals surface area contributed by atoms with Gasteiger partial charge in [0.1, 0.15) is 5.82 Å². The fraction of sp³-hybridized carbons (Fsp3) is 0.357. The summed E-state index contributed by atoms with van der Waals surface area (Å²) in [6.07, 6.45) is 0.898. The van der Waals surface area contributed by atoms with Crippen LogP contribution in [0.25, 0.3) is 0 Å². The van der Waals surface area contributed by atoms with Crippen LogP contribution in [-0.2, 0) is 20.0 Å². The van der Waals surface area contributed by atoms with Crippen molar-refractivity contribution < 1.29 is 4.79 Å². The molecule has 0 spiro atoms. The van der Waals surface area contributed by atoms with Crippen molar-refractivity contribution in [1.29, 1.82) is 0 Å². The van der Waals surface area contributed by atoms with Gasteiger partial charge in [0, 0.05) is 43.5 Å². The lowest BCUT2D eigenvalue weighted by Gasteiger charge is -2.14. The number of amides is 1. The summed E-state index contributed by atoms with van der Waals surface area (Å²) >= 11 is 0. The normalized spacial score (nSPS) is 13.9. The van der Waals surface area contributed by atoms with Crippen molar-refractivity contribution in [1.82, 2.24) is 20.1 Å². The number of hydrogen-bond donors (Lipinski definition) is 2.